The Labute approximate surface area is 145 Å². The summed E-state index contributed by atoms with van der Waals surface area (Å²) in [5, 5.41) is 14.3. The number of aliphatic hydroxyl groups is 1. The number of rotatable bonds is 3. The standard InChI is InChI=1S/C17H18Cl2N2O2/c1-17(2,3)16(23)21-14-9-20-7-6-12(14)15(22)11-5-4-10(18)8-13(11)19/h4-9,15,22H,1-3H3,(H,21,23). The van der Waals surface area contributed by atoms with Crippen LogP contribution in [0, 0.1) is 5.41 Å². The second kappa shape index (κ2) is 6.87. The van der Waals surface area contributed by atoms with E-state index in [1.165, 1.54) is 6.20 Å². The van der Waals surface area contributed by atoms with Gasteiger partial charge < -0.3 is 10.4 Å². The normalized spacial score (nSPS) is 12.8. The first-order chi connectivity index (χ1) is 10.7. The van der Waals surface area contributed by atoms with E-state index in [0.717, 1.165) is 0 Å². The van der Waals surface area contributed by atoms with Crippen LogP contribution in [-0.2, 0) is 4.79 Å². The largest absolute Gasteiger partial charge is 0.384 e. The van der Waals surface area contributed by atoms with Crippen molar-refractivity contribution in [3.8, 4) is 0 Å². The predicted octanol–water partition coefficient (Wildman–Crippen LogP) is 4.45. The minimum atomic E-state index is -1.00. The van der Waals surface area contributed by atoms with E-state index in [2.05, 4.69) is 10.3 Å². The summed E-state index contributed by atoms with van der Waals surface area (Å²) in [5.74, 6) is -0.166. The summed E-state index contributed by atoms with van der Waals surface area (Å²) in [4.78, 5) is 16.2. The third kappa shape index (κ3) is 4.22. The van der Waals surface area contributed by atoms with Gasteiger partial charge in [-0.2, -0.15) is 0 Å². The molecule has 0 saturated heterocycles. The van der Waals surface area contributed by atoms with Crippen LogP contribution in [-0.4, -0.2) is 16.0 Å². The quantitative estimate of drug-likeness (QED) is 0.857. The molecule has 2 N–H and O–H groups in total. The van der Waals surface area contributed by atoms with E-state index < -0.39 is 11.5 Å². The number of aromatic nitrogens is 1. The van der Waals surface area contributed by atoms with Gasteiger partial charge >= 0.3 is 0 Å². The summed E-state index contributed by atoms with van der Waals surface area (Å²) < 4.78 is 0. The van der Waals surface area contributed by atoms with Gasteiger partial charge in [0.25, 0.3) is 0 Å². The highest BCUT2D eigenvalue weighted by Gasteiger charge is 2.24. The maximum Gasteiger partial charge on any atom is 0.229 e. The molecule has 0 aliphatic carbocycles. The summed E-state index contributed by atoms with van der Waals surface area (Å²) >= 11 is 12.0. The van der Waals surface area contributed by atoms with E-state index >= 15 is 0 Å². The Kier molecular flexibility index (Phi) is 5.30. The van der Waals surface area contributed by atoms with E-state index in [9.17, 15) is 9.90 Å². The molecule has 0 aliphatic heterocycles. The zero-order chi connectivity index (χ0) is 17.2. The molecule has 23 heavy (non-hydrogen) atoms. The molecule has 1 unspecified atom stereocenters. The fourth-order valence-electron chi connectivity index (χ4n) is 1.95. The molecule has 1 aromatic heterocycles. The van der Waals surface area contributed by atoms with Crippen LogP contribution >= 0.6 is 23.2 Å². The number of nitrogens with zero attached hydrogens (tertiary/aromatic N) is 1. The van der Waals surface area contributed by atoms with Crippen molar-refractivity contribution in [3.05, 3.63) is 57.8 Å². The minimum absolute atomic E-state index is 0.166. The van der Waals surface area contributed by atoms with Gasteiger partial charge in [0.2, 0.25) is 5.91 Å². The Morgan fingerprint density at radius 3 is 2.52 bits per heavy atom. The molecule has 6 heteroatoms. The Hall–Kier alpha value is -1.62. The number of aliphatic hydroxyl groups excluding tert-OH is 1. The van der Waals surface area contributed by atoms with Crippen molar-refractivity contribution in [1.29, 1.82) is 0 Å². The maximum atomic E-state index is 12.2. The van der Waals surface area contributed by atoms with E-state index in [1.807, 2.05) is 20.8 Å². The number of pyridine rings is 1. The second-order valence-electron chi connectivity index (χ2n) is 6.24. The highest BCUT2D eigenvalue weighted by Crippen LogP contribution is 2.33. The van der Waals surface area contributed by atoms with Gasteiger partial charge in [-0.15, -0.1) is 0 Å². The van der Waals surface area contributed by atoms with Crippen LogP contribution in [0.3, 0.4) is 0 Å². The zero-order valence-electron chi connectivity index (χ0n) is 13.1. The van der Waals surface area contributed by atoms with Crippen molar-refractivity contribution in [2.45, 2.75) is 26.9 Å². The molecule has 0 saturated carbocycles. The number of anilines is 1. The van der Waals surface area contributed by atoms with E-state index in [-0.39, 0.29) is 5.91 Å². The lowest BCUT2D eigenvalue weighted by molar-refractivity contribution is -0.123. The molecule has 1 aromatic carbocycles. The second-order valence-corrected chi connectivity index (χ2v) is 7.08. The third-order valence-electron chi connectivity index (χ3n) is 3.34. The lowest BCUT2D eigenvalue weighted by Crippen LogP contribution is -2.28. The lowest BCUT2D eigenvalue weighted by Gasteiger charge is -2.21. The van der Waals surface area contributed by atoms with Gasteiger partial charge in [0.1, 0.15) is 6.10 Å². The third-order valence-corrected chi connectivity index (χ3v) is 3.90. The zero-order valence-corrected chi connectivity index (χ0v) is 14.6. The first-order valence-electron chi connectivity index (χ1n) is 7.08. The predicted molar refractivity (Wildman–Crippen MR) is 92.8 cm³/mol. The van der Waals surface area contributed by atoms with Gasteiger partial charge in [0.05, 0.1) is 11.9 Å². The summed E-state index contributed by atoms with van der Waals surface area (Å²) in [5.41, 5.74) is 0.914. The van der Waals surface area contributed by atoms with Gasteiger partial charge in [0.15, 0.2) is 0 Å². The summed E-state index contributed by atoms with van der Waals surface area (Å²) in [6.45, 7) is 5.43. The molecule has 0 fully saturated rings. The maximum absolute atomic E-state index is 12.2. The van der Waals surface area contributed by atoms with Crippen molar-refractivity contribution >= 4 is 34.8 Å². The topological polar surface area (TPSA) is 62.2 Å². The van der Waals surface area contributed by atoms with Gasteiger partial charge in [-0.1, -0.05) is 50.0 Å². The van der Waals surface area contributed by atoms with Crippen LogP contribution in [0.5, 0.6) is 0 Å². The van der Waals surface area contributed by atoms with E-state index in [4.69, 9.17) is 23.2 Å². The fraction of sp³-hybridized carbons (Fsp3) is 0.294. The van der Waals surface area contributed by atoms with Crippen LogP contribution in [0.4, 0.5) is 5.69 Å². The molecule has 1 amide bonds. The summed E-state index contributed by atoms with van der Waals surface area (Å²) in [7, 11) is 0. The highest BCUT2D eigenvalue weighted by atomic mass is 35.5. The monoisotopic (exact) mass is 352 g/mol. The molecular weight excluding hydrogens is 335 g/mol. The minimum Gasteiger partial charge on any atom is -0.384 e. The molecule has 0 radical (unpaired) electrons. The van der Waals surface area contributed by atoms with Gasteiger partial charge in [0, 0.05) is 32.8 Å². The number of hydrogen-bond donors (Lipinski definition) is 2. The van der Waals surface area contributed by atoms with Gasteiger partial charge in [-0.25, -0.2) is 0 Å². The van der Waals surface area contributed by atoms with Crippen LogP contribution in [0.1, 0.15) is 38.0 Å². The Balaban J connectivity index is 2.38. The van der Waals surface area contributed by atoms with Crippen LogP contribution < -0.4 is 5.32 Å². The van der Waals surface area contributed by atoms with Crippen LogP contribution in [0.15, 0.2) is 36.7 Å². The molecule has 1 atom stereocenters. The average molecular weight is 353 g/mol. The van der Waals surface area contributed by atoms with Crippen molar-refractivity contribution in [1.82, 2.24) is 4.98 Å². The fourth-order valence-corrected chi connectivity index (χ4v) is 2.46. The van der Waals surface area contributed by atoms with Crippen molar-refractivity contribution < 1.29 is 9.90 Å². The van der Waals surface area contributed by atoms with Gasteiger partial charge in [-0.3, -0.25) is 9.78 Å². The lowest BCUT2D eigenvalue weighted by atomic mass is 9.95. The number of nitrogens with one attached hydrogen (secondary N) is 1. The molecular formula is C17H18Cl2N2O2. The van der Waals surface area contributed by atoms with Crippen LogP contribution in [0.2, 0.25) is 10.0 Å². The molecule has 2 aromatic rings. The molecule has 122 valence electrons. The highest BCUT2D eigenvalue weighted by molar-refractivity contribution is 6.35. The number of carbonyl (C=O) groups is 1. The van der Waals surface area contributed by atoms with Crippen molar-refractivity contribution in [2.75, 3.05) is 5.32 Å². The van der Waals surface area contributed by atoms with Crippen molar-refractivity contribution in [3.63, 3.8) is 0 Å². The summed E-state index contributed by atoms with van der Waals surface area (Å²) in [6.07, 6.45) is 2.05. The first-order valence-corrected chi connectivity index (χ1v) is 7.84. The molecule has 1 heterocycles. The van der Waals surface area contributed by atoms with E-state index in [0.29, 0.717) is 26.9 Å². The molecule has 0 aliphatic rings. The molecule has 4 nitrogen and oxygen atoms in total. The Morgan fingerprint density at radius 1 is 1.22 bits per heavy atom. The van der Waals surface area contributed by atoms with Gasteiger partial charge in [-0.05, 0) is 18.2 Å². The van der Waals surface area contributed by atoms with Crippen molar-refractivity contribution in [2.24, 2.45) is 5.41 Å². The number of amides is 1. The number of hydrogen-bond acceptors (Lipinski definition) is 3. The number of carbonyl (C=O) groups excluding carboxylic acids is 1. The average Bonchev–Trinajstić information content (AvgIpc) is 2.46. The molecule has 2 rings (SSSR count). The van der Waals surface area contributed by atoms with E-state index in [1.54, 1.807) is 30.5 Å². The first kappa shape index (κ1) is 17.7. The summed E-state index contributed by atoms with van der Waals surface area (Å²) in [6, 6.07) is 6.52. The Morgan fingerprint density at radius 2 is 1.91 bits per heavy atom. The number of benzene rings is 1. The molecule has 0 spiro atoms. The Bertz CT molecular complexity index is 727. The molecule has 0 bridgehead atoms. The smallest absolute Gasteiger partial charge is 0.229 e. The number of halogens is 2. The van der Waals surface area contributed by atoms with Crippen LogP contribution in [0.25, 0.3) is 0 Å². The SMILES string of the molecule is CC(C)(C)C(=O)Nc1cnccc1C(O)c1ccc(Cl)cc1Cl.